The van der Waals surface area contributed by atoms with Crippen LogP contribution in [0, 0.1) is 0 Å². The normalized spacial score (nSPS) is 16.4. The van der Waals surface area contributed by atoms with E-state index in [9.17, 15) is 4.79 Å². The third kappa shape index (κ3) is 3.80. The minimum Gasteiger partial charge on any atom is -0.369 e. The smallest absolute Gasteiger partial charge is 0.271 e. The second-order valence-electron chi connectivity index (χ2n) is 7.17. The van der Waals surface area contributed by atoms with E-state index < -0.39 is 0 Å². The van der Waals surface area contributed by atoms with Crippen molar-refractivity contribution in [1.29, 1.82) is 0 Å². The number of likely N-dealkylation sites (N-methyl/N-ethyl adjacent to an activating group) is 1. The van der Waals surface area contributed by atoms with Crippen molar-refractivity contribution in [3.8, 4) is 0 Å². The van der Waals surface area contributed by atoms with Crippen LogP contribution in [0.3, 0.4) is 0 Å². The number of hydrogen-bond donors (Lipinski definition) is 1. The minimum atomic E-state index is -0.158. The largest absolute Gasteiger partial charge is 0.369 e. The van der Waals surface area contributed by atoms with Crippen molar-refractivity contribution < 1.29 is 4.79 Å². The average Bonchev–Trinajstić information content (AvgIpc) is 3.13. The number of carbonyl (C=O) groups excluding carboxylic acids is 1. The van der Waals surface area contributed by atoms with Gasteiger partial charge in [0.15, 0.2) is 0 Å². The summed E-state index contributed by atoms with van der Waals surface area (Å²) in [6, 6.07) is 14.1. The molecule has 1 atom stereocenters. The molecule has 1 aromatic carbocycles. The maximum atomic E-state index is 12.5. The number of nitrogens with zero attached hydrogens (tertiary/aromatic N) is 4. The quantitative estimate of drug-likeness (QED) is 0.774. The Morgan fingerprint density at radius 1 is 1.07 bits per heavy atom. The van der Waals surface area contributed by atoms with Crippen LogP contribution in [0.4, 0.5) is 5.69 Å². The highest BCUT2D eigenvalue weighted by Gasteiger charge is 2.16. The molecule has 3 aromatic rings. The summed E-state index contributed by atoms with van der Waals surface area (Å²) in [5, 5.41) is 3.04. The molecule has 1 aliphatic rings. The summed E-state index contributed by atoms with van der Waals surface area (Å²) in [6.45, 7) is 6.28. The number of anilines is 1. The van der Waals surface area contributed by atoms with Crippen molar-refractivity contribution in [3.05, 3.63) is 66.1 Å². The number of carbonyl (C=O) groups is 1. The molecule has 4 rings (SSSR count). The zero-order chi connectivity index (χ0) is 18.8. The van der Waals surface area contributed by atoms with E-state index in [-0.39, 0.29) is 11.9 Å². The summed E-state index contributed by atoms with van der Waals surface area (Å²) in [4.78, 5) is 21.7. The molecule has 1 unspecified atom stereocenters. The van der Waals surface area contributed by atoms with Gasteiger partial charge in [-0.25, -0.2) is 4.98 Å². The van der Waals surface area contributed by atoms with Crippen molar-refractivity contribution >= 4 is 17.2 Å². The average molecular weight is 363 g/mol. The van der Waals surface area contributed by atoms with Crippen LogP contribution >= 0.6 is 0 Å². The lowest BCUT2D eigenvalue weighted by atomic mass is 10.1. The zero-order valence-corrected chi connectivity index (χ0v) is 15.8. The Kier molecular flexibility index (Phi) is 4.81. The summed E-state index contributed by atoms with van der Waals surface area (Å²) in [5.74, 6) is -0.158. The predicted molar refractivity (Wildman–Crippen MR) is 107 cm³/mol. The van der Waals surface area contributed by atoms with Gasteiger partial charge in [-0.1, -0.05) is 18.2 Å². The number of hydrogen-bond acceptors (Lipinski definition) is 4. The Hall–Kier alpha value is -2.86. The number of benzene rings is 1. The molecule has 6 heteroatoms. The van der Waals surface area contributed by atoms with Crippen molar-refractivity contribution in [2.75, 3.05) is 38.1 Å². The molecule has 27 heavy (non-hydrogen) atoms. The highest BCUT2D eigenvalue weighted by Crippen LogP contribution is 2.20. The fourth-order valence-electron chi connectivity index (χ4n) is 3.44. The van der Waals surface area contributed by atoms with Gasteiger partial charge >= 0.3 is 0 Å². The van der Waals surface area contributed by atoms with E-state index in [1.807, 2.05) is 35.7 Å². The molecule has 6 nitrogen and oxygen atoms in total. The Morgan fingerprint density at radius 2 is 1.81 bits per heavy atom. The topological polar surface area (TPSA) is 52.9 Å². The van der Waals surface area contributed by atoms with Crippen LogP contribution in [0.2, 0.25) is 0 Å². The lowest BCUT2D eigenvalue weighted by Crippen LogP contribution is -2.44. The van der Waals surface area contributed by atoms with Crippen molar-refractivity contribution in [2.24, 2.45) is 0 Å². The van der Waals surface area contributed by atoms with Crippen LogP contribution in [-0.4, -0.2) is 53.4 Å². The molecular weight excluding hydrogens is 338 g/mol. The van der Waals surface area contributed by atoms with E-state index >= 15 is 0 Å². The van der Waals surface area contributed by atoms with Gasteiger partial charge in [-0.2, -0.15) is 0 Å². The van der Waals surface area contributed by atoms with Crippen LogP contribution in [0.25, 0.3) is 5.65 Å². The molecule has 1 aliphatic heterocycles. The monoisotopic (exact) mass is 363 g/mol. The number of aromatic nitrogens is 2. The Balaban J connectivity index is 1.41. The third-order valence-corrected chi connectivity index (χ3v) is 5.21. The zero-order valence-electron chi connectivity index (χ0n) is 15.8. The molecule has 1 N–H and O–H groups in total. The minimum absolute atomic E-state index is 0.0798. The lowest BCUT2D eigenvalue weighted by Gasteiger charge is -2.34. The Bertz CT molecular complexity index is 892. The molecule has 0 aliphatic carbocycles. The predicted octanol–water partition coefficient (Wildman–Crippen LogP) is 2.58. The van der Waals surface area contributed by atoms with Gasteiger partial charge in [-0.3, -0.25) is 4.79 Å². The Morgan fingerprint density at radius 3 is 2.52 bits per heavy atom. The fourth-order valence-corrected chi connectivity index (χ4v) is 3.44. The van der Waals surface area contributed by atoms with Crippen LogP contribution in [0.5, 0.6) is 0 Å². The maximum absolute atomic E-state index is 12.5. The van der Waals surface area contributed by atoms with Gasteiger partial charge in [0.2, 0.25) is 0 Å². The SMILES string of the molecule is CC(NC(=O)c1cn2ccccc2n1)c1ccc(N2CCN(C)CC2)cc1. The first-order chi connectivity index (χ1) is 13.1. The molecule has 0 bridgehead atoms. The number of fused-ring (bicyclic) bond motifs is 1. The molecule has 1 saturated heterocycles. The highest BCUT2D eigenvalue weighted by atomic mass is 16.2. The van der Waals surface area contributed by atoms with Crippen molar-refractivity contribution in [2.45, 2.75) is 13.0 Å². The molecule has 1 fully saturated rings. The standard InChI is InChI=1S/C21H25N5O/c1-16(22-21(27)19-15-26-10-4-3-5-20(26)23-19)17-6-8-18(9-7-17)25-13-11-24(2)12-14-25/h3-10,15-16H,11-14H2,1-2H3,(H,22,27). The first kappa shape index (κ1) is 17.5. The second kappa shape index (κ2) is 7.40. The molecule has 0 spiro atoms. The van der Waals surface area contributed by atoms with E-state index in [4.69, 9.17) is 0 Å². The number of rotatable bonds is 4. The molecule has 2 aromatic heterocycles. The van der Waals surface area contributed by atoms with E-state index in [0.29, 0.717) is 5.69 Å². The number of amides is 1. The van der Waals surface area contributed by atoms with Crippen LogP contribution in [0.15, 0.2) is 54.9 Å². The van der Waals surface area contributed by atoms with Gasteiger partial charge in [-0.05, 0) is 43.8 Å². The van der Waals surface area contributed by atoms with Gasteiger partial charge in [0, 0.05) is 44.3 Å². The van der Waals surface area contributed by atoms with E-state index in [1.54, 1.807) is 6.20 Å². The number of imidazole rings is 1. The second-order valence-corrected chi connectivity index (χ2v) is 7.17. The van der Waals surface area contributed by atoms with Crippen LogP contribution in [0.1, 0.15) is 29.0 Å². The number of pyridine rings is 1. The molecular formula is C21H25N5O. The summed E-state index contributed by atoms with van der Waals surface area (Å²) < 4.78 is 1.85. The number of piperazine rings is 1. The van der Waals surface area contributed by atoms with Gasteiger partial charge in [0.25, 0.3) is 5.91 Å². The third-order valence-electron chi connectivity index (χ3n) is 5.21. The van der Waals surface area contributed by atoms with Crippen LogP contribution < -0.4 is 10.2 Å². The van der Waals surface area contributed by atoms with Gasteiger partial charge in [0.05, 0.1) is 6.04 Å². The van der Waals surface area contributed by atoms with E-state index in [1.165, 1.54) is 5.69 Å². The van der Waals surface area contributed by atoms with E-state index in [0.717, 1.165) is 37.4 Å². The first-order valence-corrected chi connectivity index (χ1v) is 9.38. The lowest BCUT2D eigenvalue weighted by molar-refractivity contribution is 0.0935. The van der Waals surface area contributed by atoms with Crippen molar-refractivity contribution in [3.63, 3.8) is 0 Å². The number of nitrogens with one attached hydrogen (secondary N) is 1. The molecule has 0 radical (unpaired) electrons. The van der Waals surface area contributed by atoms with Crippen LogP contribution in [-0.2, 0) is 0 Å². The highest BCUT2D eigenvalue weighted by molar-refractivity contribution is 5.93. The van der Waals surface area contributed by atoms with E-state index in [2.05, 4.69) is 51.4 Å². The van der Waals surface area contributed by atoms with Crippen molar-refractivity contribution in [1.82, 2.24) is 19.6 Å². The summed E-state index contributed by atoms with van der Waals surface area (Å²) in [6.07, 6.45) is 3.65. The molecule has 1 amide bonds. The van der Waals surface area contributed by atoms with Gasteiger partial charge in [0.1, 0.15) is 11.3 Å². The summed E-state index contributed by atoms with van der Waals surface area (Å²) in [7, 11) is 2.16. The molecule has 3 heterocycles. The fraction of sp³-hybridized carbons (Fsp3) is 0.333. The molecule has 0 saturated carbocycles. The first-order valence-electron chi connectivity index (χ1n) is 9.38. The van der Waals surface area contributed by atoms with Gasteiger partial charge < -0.3 is 19.5 Å². The molecule has 140 valence electrons. The summed E-state index contributed by atoms with van der Waals surface area (Å²) in [5.41, 5.74) is 3.53. The maximum Gasteiger partial charge on any atom is 0.271 e. The Labute approximate surface area is 159 Å². The summed E-state index contributed by atoms with van der Waals surface area (Å²) >= 11 is 0. The van der Waals surface area contributed by atoms with Gasteiger partial charge in [-0.15, -0.1) is 0 Å².